The average Bonchev–Trinajstić information content (AvgIpc) is 3.24. The monoisotopic (exact) mass is 259 g/mol. The second kappa shape index (κ2) is 5.49. The molecule has 1 saturated heterocycles. The number of hydrogen-bond acceptors (Lipinski definition) is 3. The molecule has 1 aromatic rings. The highest BCUT2D eigenvalue weighted by atomic mass is 15.1. The van der Waals surface area contributed by atoms with Crippen molar-refractivity contribution in [2.75, 3.05) is 18.0 Å². The summed E-state index contributed by atoms with van der Waals surface area (Å²) in [5.41, 5.74) is 2.53. The minimum atomic E-state index is 0.751. The van der Waals surface area contributed by atoms with Crippen LogP contribution in [0.5, 0.6) is 0 Å². The number of piperidine rings is 1. The topological polar surface area (TPSA) is 28.2 Å². The molecule has 1 saturated carbocycles. The lowest BCUT2D eigenvalue weighted by atomic mass is 9.88. The van der Waals surface area contributed by atoms with Gasteiger partial charge in [-0.15, -0.1) is 0 Å². The van der Waals surface area contributed by atoms with Crippen molar-refractivity contribution >= 4 is 5.69 Å². The van der Waals surface area contributed by atoms with Gasteiger partial charge in [0.05, 0.1) is 5.69 Å². The fraction of sp³-hybridized carbons (Fsp3) is 0.688. The molecule has 2 aliphatic rings. The number of pyridine rings is 1. The molecule has 3 nitrogen and oxygen atoms in total. The van der Waals surface area contributed by atoms with E-state index >= 15 is 0 Å². The molecule has 1 aliphatic heterocycles. The Labute approximate surface area is 116 Å². The molecule has 0 bridgehead atoms. The summed E-state index contributed by atoms with van der Waals surface area (Å²) in [6.07, 6.45) is 5.93. The summed E-state index contributed by atoms with van der Waals surface area (Å²) in [5, 5.41) is 3.54. The average molecular weight is 259 g/mol. The Hall–Kier alpha value is -1.09. The van der Waals surface area contributed by atoms with E-state index in [-0.39, 0.29) is 0 Å². The van der Waals surface area contributed by atoms with Gasteiger partial charge in [0.2, 0.25) is 0 Å². The van der Waals surface area contributed by atoms with Gasteiger partial charge in [-0.2, -0.15) is 0 Å². The van der Waals surface area contributed by atoms with Crippen molar-refractivity contribution in [2.45, 2.75) is 45.7 Å². The lowest BCUT2D eigenvalue weighted by Crippen LogP contribution is -2.38. The van der Waals surface area contributed by atoms with E-state index < -0.39 is 0 Å². The molecular weight excluding hydrogens is 234 g/mol. The molecule has 1 aliphatic carbocycles. The Morgan fingerprint density at radius 3 is 2.84 bits per heavy atom. The summed E-state index contributed by atoms with van der Waals surface area (Å²) in [4.78, 5) is 7.00. The maximum atomic E-state index is 4.48. The summed E-state index contributed by atoms with van der Waals surface area (Å²) >= 11 is 0. The van der Waals surface area contributed by atoms with Gasteiger partial charge in [0.1, 0.15) is 0 Å². The molecule has 2 unspecified atom stereocenters. The van der Waals surface area contributed by atoms with Crippen LogP contribution in [0.4, 0.5) is 5.69 Å². The quantitative estimate of drug-likeness (QED) is 0.901. The summed E-state index contributed by atoms with van der Waals surface area (Å²) in [7, 11) is 0. The second-order valence-electron chi connectivity index (χ2n) is 6.35. The van der Waals surface area contributed by atoms with Crippen LogP contribution >= 0.6 is 0 Å². The van der Waals surface area contributed by atoms with E-state index in [9.17, 15) is 0 Å². The van der Waals surface area contributed by atoms with Crippen LogP contribution in [-0.4, -0.2) is 24.1 Å². The van der Waals surface area contributed by atoms with E-state index in [1.807, 2.05) is 6.20 Å². The van der Waals surface area contributed by atoms with Crippen LogP contribution in [0.1, 0.15) is 38.8 Å². The van der Waals surface area contributed by atoms with Crippen molar-refractivity contribution in [3.63, 3.8) is 0 Å². The van der Waals surface area contributed by atoms with Crippen LogP contribution in [-0.2, 0) is 6.54 Å². The van der Waals surface area contributed by atoms with E-state index in [1.54, 1.807) is 0 Å². The highest BCUT2D eigenvalue weighted by molar-refractivity contribution is 5.47. The van der Waals surface area contributed by atoms with E-state index in [4.69, 9.17) is 0 Å². The van der Waals surface area contributed by atoms with Gasteiger partial charge in [0, 0.05) is 37.6 Å². The Bertz CT molecular complexity index is 428. The zero-order chi connectivity index (χ0) is 13.2. The largest absolute Gasteiger partial charge is 0.371 e. The molecule has 2 heterocycles. The van der Waals surface area contributed by atoms with Crippen LogP contribution in [0.3, 0.4) is 0 Å². The summed E-state index contributed by atoms with van der Waals surface area (Å²) < 4.78 is 0. The fourth-order valence-electron chi connectivity index (χ4n) is 2.79. The SMILES string of the molecule is CC1CCN(c2ccnc(CNC3CC3)c2)CC1C. The normalized spacial score (nSPS) is 27.6. The van der Waals surface area contributed by atoms with Gasteiger partial charge in [-0.1, -0.05) is 13.8 Å². The van der Waals surface area contributed by atoms with Crippen molar-refractivity contribution in [2.24, 2.45) is 11.8 Å². The standard InChI is InChI=1S/C16H25N3/c1-12-6-8-19(11-13(12)2)16-5-7-17-15(9-16)10-18-14-3-4-14/h5,7,9,12-14,18H,3-4,6,8,10-11H2,1-2H3. The Balaban J connectivity index is 1.64. The van der Waals surface area contributed by atoms with Gasteiger partial charge < -0.3 is 10.2 Å². The first kappa shape index (κ1) is 12.9. The van der Waals surface area contributed by atoms with Crippen molar-refractivity contribution in [1.82, 2.24) is 10.3 Å². The van der Waals surface area contributed by atoms with Crippen LogP contribution in [0, 0.1) is 11.8 Å². The van der Waals surface area contributed by atoms with Crippen LogP contribution < -0.4 is 10.2 Å². The fourth-order valence-corrected chi connectivity index (χ4v) is 2.79. The molecular formula is C16H25N3. The molecule has 3 rings (SSSR count). The van der Waals surface area contributed by atoms with Crippen LogP contribution in [0.2, 0.25) is 0 Å². The zero-order valence-corrected chi connectivity index (χ0v) is 12.1. The molecule has 0 spiro atoms. The first-order chi connectivity index (χ1) is 9.22. The lowest BCUT2D eigenvalue weighted by molar-refractivity contribution is 0.324. The minimum Gasteiger partial charge on any atom is -0.371 e. The minimum absolute atomic E-state index is 0.751. The molecule has 3 heteroatoms. The van der Waals surface area contributed by atoms with E-state index in [1.165, 1.54) is 43.7 Å². The number of hydrogen-bond donors (Lipinski definition) is 1. The highest BCUT2D eigenvalue weighted by Crippen LogP contribution is 2.27. The van der Waals surface area contributed by atoms with Gasteiger partial charge in [-0.3, -0.25) is 4.98 Å². The number of nitrogens with zero attached hydrogens (tertiary/aromatic N) is 2. The maximum absolute atomic E-state index is 4.48. The third-order valence-electron chi connectivity index (χ3n) is 4.65. The molecule has 1 N–H and O–H groups in total. The van der Waals surface area contributed by atoms with Crippen molar-refractivity contribution in [1.29, 1.82) is 0 Å². The second-order valence-corrected chi connectivity index (χ2v) is 6.35. The molecule has 0 radical (unpaired) electrons. The third-order valence-corrected chi connectivity index (χ3v) is 4.65. The van der Waals surface area contributed by atoms with E-state index in [2.05, 4.69) is 41.2 Å². The molecule has 0 amide bonds. The molecule has 2 atom stereocenters. The van der Waals surface area contributed by atoms with E-state index in [0.717, 1.165) is 24.4 Å². The predicted octanol–water partition coefficient (Wildman–Crippen LogP) is 2.82. The Morgan fingerprint density at radius 2 is 2.11 bits per heavy atom. The first-order valence-electron chi connectivity index (χ1n) is 7.65. The third kappa shape index (κ3) is 3.27. The molecule has 1 aromatic heterocycles. The Kier molecular flexibility index (Phi) is 3.74. The summed E-state index contributed by atoms with van der Waals surface area (Å²) in [6.45, 7) is 8.02. The van der Waals surface area contributed by atoms with Gasteiger partial charge in [0.25, 0.3) is 0 Å². The molecule has 19 heavy (non-hydrogen) atoms. The first-order valence-corrected chi connectivity index (χ1v) is 7.65. The predicted molar refractivity (Wildman–Crippen MR) is 79.3 cm³/mol. The number of nitrogens with one attached hydrogen (secondary N) is 1. The zero-order valence-electron chi connectivity index (χ0n) is 12.1. The maximum Gasteiger partial charge on any atom is 0.0562 e. The number of aromatic nitrogens is 1. The highest BCUT2D eigenvalue weighted by Gasteiger charge is 2.23. The van der Waals surface area contributed by atoms with Gasteiger partial charge in [-0.05, 0) is 43.2 Å². The number of anilines is 1. The molecule has 104 valence electrons. The van der Waals surface area contributed by atoms with Gasteiger partial charge >= 0.3 is 0 Å². The smallest absolute Gasteiger partial charge is 0.0562 e. The van der Waals surface area contributed by atoms with Gasteiger partial charge in [0.15, 0.2) is 0 Å². The van der Waals surface area contributed by atoms with Crippen molar-refractivity contribution in [3.8, 4) is 0 Å². The summed E-state index contributed by atoms with van der Waals surface area (Å²) in [6, 6.07) is 5.17. The molecule has 0 aromatic carbocycles. The lowest BCUT2D eigenvalue weighted by Gasteiger charge is -2.36. The van der Waals surface area contributed by atoms with E-state index in [0.29, 0.717) is 0 Å². The summed E-state index contributed by atoms with van der Waals surface area (Å²) in [5.74, 6) is 1.64. The Morgan fingerprint density at radius 1 is 1.26 bits per heavy atom. The van der Waals surface area contributed by atoms with Gasteiger partial charge in [-0.25, -0.2) is 0 Å². The van der Waals surface area contributed by atoms with Crippen molar-refractivity contribution < 1.29 is 0 Å². The number of rotatable bonds is 4. The van der Waals surface area contributed by atoms with Crippen molar-refractivity contribution in [3.05, 3.63) is 24.0 Å². The van der Waals surface area contributed by atoms with Crippen LogP contribution in [0.15, 0.2) is 18.3 Å². The molecule has 2 fully saturated rings. The van der Waals surface area contributed by atoms with Crippen LogP contribution in [0.25, 0.3) is 0 Å².